The number of rotatable bonds is 2. The average Bonchev–Trinajstić information content (AvgIpc) is 2.82. The molecule has 0 aromatic heterocycles. The quantitative estimate of drug-likeness (QED) is 0.351. The van der Waals surface area contributed by atoms with Crippen LogP contribution in [0, 0.1) is 51.4 Å². The lowest BCUT2D eigenvalue weighted by molar-refractivity contribution is -0.170. The maximum absolute atomic E-state index is 14.4. The Morgan fingerprint density at radius 1 is 1.02 bits per heavy atom. The molecule has 2 unspecified atom stereocenters. The monoisotopic (exact) mass is 572 g/mol. The topological polar surface area (TPSA) is 67.6 Å². The minimum atomic E-state index is -4.60. The molecule has 0 aromatic carbocycles. The number of Topliss-reactive ketones (excluding diaryl/α,β-unsaturated/α-hetero) is 1. The third-order valence-electron chi connectivity index (χ3n) is 12.6. The van der Waals surface area contributed by atoms with Crippen molar-refractivity contribution in [2.75, 3.05) is 0 Å². The van der Waals surface area contributed by atoms with Gasteiger partial charge in [-0.15, -0.1) is 0 Å². The number of alkyl halides is 3. The molecule has 3 fully saturated rings. The fourth-order valence-electron chi connectivity index (χ4n) is 10.3. The summed E-state index contributed by atoms with van der Waals surface area (Å²) < 4.78 is 39.5. The predicted octanol–water partition coefficient (Wildman–Crippen LogP) is 7.38. The summed E-state index contributed by atoms with van der Waals surface area (Å²) in [6.07, 6.45) is 2.10. The van der Waals surface area contributed by atoms with Gasteiger partial charge in [0, 0.05) is 22.3 Å². The minimum absolute atomic E-state index is 0.0360. The van der Waals surface area contributed by atoms with Crippen LogP contribution in [0.2, 0.25) is 0 Å². The number of halogens is 3. The Morgan fingerprint density at radius 3 is 2.27 bits per heavy atom. The van der Waals surface area contributed by atoms with E-state index in [1.54, 1.807) is 6.08 Å². The number of hydrogen-bond acceptors (Lipinski definition) is 3. The third-order valence-corrected chi connectivity index (χ3v) is 12.6. The SMILES string of the molecule is [C-]#[N+]C1=C[C@]2(C)C3=CC(=O)C4C5CC(C)(C)CC[C@]5(NC(=O)CC(F)(F)F)CC[C@@]4(C)[C@]3(C)CC[C@H]2C(C)(C)C1=O. The highest BCUT2D eigenvalue weighted by Gasteiger charge is 2.70. The van der Waals surface area contributed by atoms with Crippen LogP contribution in [0.15, 0.2) is 23.4 Å². The lowest BCUT2D eigenvalue weighted by Crippen LogP contribution is -2.69. The van der Waals surface area contributed by atoms with E-state index < -0.39 is 51.6 Å². The molecular formula is C33H43F3N2O3. The lowest BCUT2D eigenvalue weighted by atomic mass is 9.35. The number of hydrogen-bond donors (Lipinski definition) is 1. The number of nitrogens with one attached hydrogen (secondary N) is 1. The van der Waals surface area contributed by atoms with Crippen LogP contribution in [-0.4, -0.2) is 29.2 Å². The molecule has 0 saturated heterocycles. The van der Waals surface area contributed by atoms with Gasteiger partial charge in [-0.25, -0.2) is 4.85 Å². The zero-order valence-corrected chi connectivity index (χ0v) is 25.3. The third kappa shape index (κ3) is 4.19. The zero-order chi connectivity index (χ0) is 30.6. The molecule has 5 aliphatic carbocycles. The van der Waals surface area contributed by atoms with Gasteiger partial charge in [0.1, 0.15) is 6.42 Å². The zero-order valence-electron chi connectivity index (χ0n) is 25.3. The molecule has 0 radical (unpaired) electrons. The van der Waals surface area contributed by atoms with Gasteiger partial charge in [0.25, 0.3) is 0 Å². The Bertz CT molecular complexity index is 1320. The van der Waals surface area contributed by atoms with Gasteiger partial charge >= 0.3 is 6.18 Å². The van der Waals surface area contributed by atoms with Crippen molar-refractivity contribution in [1.82, 2.24) is 5.32 Å². The number of fused-ring (bicyclic) bond motifs is 7. The van der Waals surface area contributed by atoms with Gasteiger partial charge in [0.15, 0.2) is 11.6 Å². The summed E-state index contributed by atoms with van der Waals surface area (Å²) in [7, 11) is 0. The molecule has 41 heavy (non-hydrogen) atoms. The molecule has 0 aliphatic heterocycles. The highest BCUT2D eigenvalue weighted by atomic mass is 19.4. The van der Waals surface area contributed by atoms with Crippen molar-refractivity contribution >= 4 is 17.5 Å². The number of carbonyl (C=O) groups is 3. The second kappa shape index (κ2) is 8.80. The summed E-state index contributed by atoms with van der Waals surface area (Å²) in [4.78, 5) is 44.0. The van der Waals surface area contributed by atoms with E-state index in [1.807, 2.05) is 19.9 Å². The highest BCUT2D eigenvalue weighted by Crippen LogP contribution is 2.73. The van der Waals surface area contributed by atoms with Crippen molar-refractivity contribution < 1.29 is 27.6 Å². The lowest BCUT2D eigenvalue weighted by Gasteiger charge is -2.69. The first-order valence-corrected chi connectivity index (χ1v) is 15.0. The van der Waals surface area contributed by atoms with Gasteiger partial charge in [-0.05, 0) is 79.1 Å². The van der Waals surface area contributed by atoms with Crippen molar-refractivity contribution in [3.63, 3.8) is 0 Å². The Kier molecular flexibility index (Phi) is 6.45. The maximum atomic E-state index is 14.4. The molecule has 0 bridgehead atoms. The van der Waals surface area contributed by atoms with Crippen LogP contribution in [0.5, 0.6) is 0 Å². The molecule has 8 heteroatoms. The largest absolute Gasteiger partial charge is 0.397 e. The summed E-state index contributed by atoms with van der Waals surface area (Å²) in [5, 5.41) is 2.85. The summed E-state index contributed by atoms with van der Waals surface area (Å²) in [5.74, 6) is -1.99. The van der Waals surface area contributed by atoms with Crippen molar-refractivity contribution in [3.05, 3.63) is 34.8 Å². The van der Waals surface area contributed by atoms with Crippen LogP contribution < -0.4 is 5.32 Å². The summed E-state index contributed by atoms with van der Waals surface area (Å²) in [6.45, 7) is 22.3. The minimum Gasteiger partial charge on any atom is -0.350 e. The van der Waals surface area contributed by atoms with Gasteiger partial charge in [-0.2, -0.15) is 13.2 Å². The first-order chi connectivity index (χ1) is 18.7. The summed E-state index contributed by atoms with van der Waals surface area (Å²) >= 11 is 0. The summed E-state index contributed by atoms with van der Waals surface area (Å²) in [5.41, 5.74) is -2.15. The van der Waals surface area contributed by atoms with E-state index in [2.05, 4.69) is 44.8 Å². The van der Waals surface area contributed by atoms with E-state index in [1.165, 1.54) is 0 Å². The number of allylic oxidation sites excluding steroid dienone is 4. The van der Waals surface area contributed by atoms with Crippen LogP contribution in [0.4, 0.5) is 13.2 Å². The Morgan fingerprint density at radius 2 is 1.66 bits per heavy atom. The fraction of sp³-hybridized carbons (Fsp3) is 0.758. The van der Waals surface area contributed by atoms with E-state index in [9.17, 15) is 27.6 Å². The van der Waals surface area contributed by atoms with Crippen LogP contribution in [-0.2, 0) is 14.4 Å². The fourth-order valence-corrected chi connectivity index (χ4v) is 10.3. The van der Waals surface area contributed by atoms with Crippen LogP contribution in [0.1, 0.15) is 99.8 Å². The second-order valence-electron chi connectivity index (χ2n) is 15.7. The molecular weight excluding hydrogens is 529 g/mol. The Balaban J connectivity index is 1.63. The molecule has 1 amide bonds. The standard InChI is InChI=1S/C33H43F3N2O3/c1-27(2)11-13-32(38-24(40)18-33(34,35)36)14-12-31(7)25(19(32)16-27)21(39)15-23-29(5)17-20(37-8)26(41)28(3,4)22(29)9-10-30(23,31)6/h15,17,19,22,25H,9-14,16,18H2,1-7H3,(H,38,40)/t19?,22-,25?,29-,30+,31+,32-/m0/s1. The van der Waals surface area contributed by atoms with Gasteiger partial charge in [-0.3, -0.25) is 9.59 Å². The van der Waals surface area contributed by atoms with Crippen LogP contribution in [0.3, 0.4) is 0 Å². The van der Waals surface area contributed by atoms with Gasteiger partial charge in [0.2, 0.25) is 11.6 Å². The van der Waals surface area contributed by atoms with E-state index >= 15 is 0 Å². The molecule has 0 aromatic rings. The average molecular weight is 573 g/mol. The molecule has 1 N–H and O–H groups in total. The Hall–Kier alpha value is -2.43. The molecule has 0 spiro atoms. The molecule has 224 valence electrons. The van der Waals surface area contributed by atoms with E-state index in [-0.39, 0.29) is 34.5 Å². The second-order valence-corrected chi connectivity index (χ2v) is 15.7. The van der Waals surface area contributed by atoms with Crippen LogP contribution in [0.25, 0.3) is 4.85 Å². The first-order valence-electron chi connectivity index (χ1n) is 15.0. The van der Waals surface area contributed by atoms with E-state index in [0.717, 1.165) is 24.8 Å². The van der Waals surface area contributed by atoms with Gasteiger partial charge in [-0.1, -0.05) is 60.1 Å². The highest BCUT2D eigenvalue weighted by molar-refractivity contribution is 6.03. The van der Waals surface area contributed by atoms with Gasteiger partial charge in [0.05, 0.1) is 6.57 Å². The molecule has 3 saturated carbocycles. The van der Waals surface area contributed by atoms with Gasteiger partial charge < -0.3 is 10.1 Å². The van der Waals surface area contributed by atoms with Crippen molar-refractivity contribution in [1.29, 1.82) is 0 Å². The van der Waals surface area contributed by atoms with Crippen LogP contribution >= 0.6 is 0 Å². The molecule has 0 heterocycles. The molecule has 5 aliphatic rings. The molecule has 7 atom stereocenters. The van der Waals surface area contributed by atoms with E-state index in [4.69, 9.17) is 6.57 Å². The van der Waals surface area contributed by atoms with Crippen molar-refractivity contribution in [3.8, 4) is 0 Å². The first kappa shape index (κ1) is 30.0. The molecule has 5 rings (SSSR count). The maximum Gasteiger partial charge on any atom is 0.397 e. The number of ketones is 2. The van der Waals surface area contributed by atoms with Crippen molar-refractivity contribution in [2.45, 2.75) is 112 Å². The normalized spacial score (nSPS) is 42.8. The van der Waals surface area contributed by atoms with Crippen molar-refractivity contribution in [2.24, 2.45) is 44.8 Å². The number of carbonyl (C=O) groups excluding carboxylic acids is 3. The van der Waals surface area contributed by atoms with E-state index in [0.29, 0.717) is 25.7 Å². The predicted molar refractivity (Wildman–Crippen MR) is 149 cm³/mol. The number of amides is 1. The Labute approximate surface area is 241 Å². The summed E-state index contributed by atoms with van der Waals surface area (Å²) in [6, 6.07) is 0. The smallest absolute Gasteiger partial charge is 0.350 e. The number of nitrogens with zero attached hydrogens (tertiary/aromatic N) is 1. The molecule has 5 nitrogen and oxygen atoms in total.